The molecule has 3 aliphatic heterocycles. The van der Waals surface area contributed by atoms with Crippen LogP contribution in [0.3, 0.4) is 0 Å². The Bertz CT molecular complexity index is 561. The molecule has 3 fully saturated rings. The van der Waals surface area contributed by atoms with Gasteiger partial charge in [-0.3, -0.25) is 9.80 Å². The van der Waals surface area contributed by atoms with E-state index in [0.29, 0.717) is 0 Å². The van der Waals surface area contributed by atoms with Gasteiger partial charge in [-0.1, -0.05) is 30.3 Å². The second-order valence-electron chi connectivity index (χ2n) is 8.91. The van der Waals surface area contributed by atoms with E-state index in [1.54, 1.807) is 0 Å². The molecule has 0 bridgehead atoms. The summed E-state index contributed by atoms with van der Waals surface area (Å²) in [4.78, 5) is 5.74. The minimum Gasteiger partial charge on any atom is -0.382 e. The molecule has 3 aliphatic rings. The predicted molar refractivity (Wildman–Crippen MR) is 112 cm³/mol. The Morgan fingerprint density at radius 1 is 1.04 bits per heavy atom. The Kier molecular flexibility index (Phi) is 6.86. The van der Waals surface area contributed by atoms with Crippen molar-refractivity contribution in [2.75, 3.05) is 32.8 Å². The van der Waals surface area contributed by atoms with Crippen molar-refractivity contribution in [3.63, 3.8) is 0 Å². The first kappa shape index (κ1) is 19.4. The average Bonchev–Trinajstić information content (AvgIpc) is 2.71. The number of nitrogens with zero attached hydrogens (tertiary/aromatic N) is 2. The summed E-state index contributed by atoms with van der Waals surface area (Å²) in [5.74, 6) is 1.78. The molecule has 0 unspecified atom stereocenters. The van der Waals surface area contributed by atoms with Crippen LogP contribution in [0.2, 0.25) is 0 Å². The fraction of sp³-hybridized carbons (Fsp3) is 0.750. The maximum atomic E-state index is 5.59. The van der Waals surface area contributed by atoms with Crippen molar-refractivity contribution >= 4 is 0 Å². The van der Waals surface area contributed by atoms with Crippen LogP contribution >= 0.6 is 0 Å². The monoisotopic (exact) mass is 370 g/mol. The molecule has 0 aliphatic carbocycles. The SMILES string of the molecule is CCOCCCC[C@@H]1[C@H]2CCCN3CCC[C@H](CN1Cc1ccccc1)[C@@H]23. The van der Waals surface area contributed by atoms with Crippen molar-refractivity contribution in [2.45, 2.75) is 70.5 Å². The molecule has 4 atom stereocenters. The van der Waals surface area contributed by atoms with E-state index in [-0.39, 0.29) is 0 Å². The molecule has 1 aromatic carbocycles. The summed E-state index contributed by atoms with van der Waals surface area (Å²) < 4.78 is 5.59. The van der Waals surface area contributed by atoms with Crippen molar-refractivity contribution in [3.05, 3.63) is 35.9 Å². The zero-order valence-electron chi connectivity index (χ0n) is 17.2. The highest BCUT2D eigenvalue weighted by Gasteiger charge is 2.47. The van der Waals surface area contributed by atoms with Crippen molar-refractivity contribution in [1.82, 2.24) is 9.80 Å². The fourth-order valence-electron chi connectivity index (χ4n) is 6.18. The van der Waals surface area contributed by atoms with Gasteiger partial charge < -0.3 is 4.74 Å². The Labute approximate surface area is 166 Å². The number of benzene rings is 1. The summed E-state index contributed by atoms with van der Waals surface area (Å²) in [6.07, 6.45) is 9.58. The van der Waals surface area contributed by atoms with Crippen LogP contribution in [-0.4, -0.2) is 54.7 Å². The molecular formula is C24H38N2O. The van der Waals surface area contributed by atoms with Crippen molar-refractivity contribution in [3.8, 4) is 0 Å². The van der Waals surface area contributed by atoms with Crippen LogP contribution in [-0.2, 0) is 11.3 Å². The van der Waals surface area contributed by atoms with Gasteiger partial charge in [0, 0.05) is 38.4 Å². The molecule has 27 heavy (non-hydrogen) atoms. The lowest BCUT2D eigenvalue weighted by atomic mass is 9.69. The van der Waals surface area contributed by atoms with Crippen LogP contribution in [0.25, 0.3) is 0 Å². The van der Waals surface area contributed by atoms with Gasteiger partial charge in [-0.15, -0.1) is 0 Å². The van der Waals surface area contributed by atoms with Gasteiger partial charge in [0.25, 0.3) is 0 Å². The number of likely N-dealkylation sites (tertiary alicyclic amines) is 1. The molecule has 3 saturated heterocycles. The van der Waals surface area contributed by atoms with Crippen LogP contribution in [0.1, 0.15) is 57.4 Å². The number of piperidine rings is 3. The summed E-state index contributed by atoms with van der Waals surface area (Å²) in [7, 11) is 0. The van der Waals surface area contributed by atoms with E-state index >= 15 is 0 Å². The molecule has 4 rings (SSSR count). The highest BCUT2D eigenvalue weighted by molar-refractivity contribution is 5.15. The van der Waals surface area contributed by atoms with E-state index in [9.17, 15) is 0 Å². The lowest BCUT2D eigenvalue weighted by Crippen LogP contribution is -2.64. The third-order valence-electron chi connectivity index (χ3n) is 7.25. The van der Waals surface area contributed by atoms with Gasteiger partial charge in [-0.25, -0.2) is 0 Å². The summed E-state index contributed by atoms with van der Waals surface area (Å²) in [5, 5.41) is 0. The smallest absolute Gasteiger partial charge is 0.0465 e. The standard InChI is InChI=1S/C24H38N2O/c1-2-27-17-7-6-14-23-22-13-9-16-25-15-8-12-21(24(22)25)19-26(23)18-20-10-4-3-5-11-20/h3-5,10-11,21-24H,2,6-9,12-19H2,1H3/t21-,22-,23-,24+/m1/s1. The normalized spacial score (nSPS) is 31.6. The van der Waals surface area contributed by atoms with Gasteiger partial charge in [0.05, 0.1) is 0 Å². The zero-order valence-corrected chi connectivity index (χ0v) is 17.2. The van der Waals surface area contributed by atoms with Crippen LogP contribution < -0.4 is 0 Å². The van der Waals surface area contributed by atoms with Crippen molar-refractivity contribution in [1.29, 1.82) is 0 Å². The molecule has 0 aromatic heterocycles. The molecule has 3 nitrogen and oxygen atoms in total. The number of unbranched alkanes of at least 4 members (excludes halogenated alkanes) is 1. The summed E-state index contributed by atoms with van der Waals surface area (Å²) >= 11 is 0. The maximum absolute atomic E-state index is 5.59. The van der Waals surface area contributed by atoms with E-state index in [4.69, 9.17) is 4.74 Å². The highest BCUT2D eigenvalue weighted by atomic mass is 16.5. The lowest BCUT2D eigenvalue weighted by molar-refractivity contribution is -0.0813. The third-order valence-corrected chi connectivity index (χ3v) is 7.25. The lowest BCUT2D eigenvalue weighted by Gasteiger charge is -2.57. The molecule has 0 N–H and O–H groups in total. The summed E-state index contributed by atoms with van der Waals surface area (Å²) in [5.41, 5.74) is 1.48. The number of rotatable bonds is 8. The fourth-order valence-corrected chi connectivity index (χ4v) is 6.18. The average molecular weight is 371 g/mol. The van der Waals surface area contributed by atoms with Crippen molar-refractivity contribution in [2.24, 2.45) is 11.8 Å². The van der Waals surface area contributed by atoms with Crippen LogP contribution in [0.4, 0.5) is 0 Å². The van der Waals surface area contributed by atoms with Crippen LogP contribution in [0, 0.1) is 11.8 Å². The molecule has 150 valence electrons. The van der Waals surface area contributed by atoms with Crippen LogP contribution in [0.15, 0.2) is 30.3 Å². The van der Waals surface area contributed by atoms with Gasteiger partial charge >= 0.3 is 0 Å². The Morgan fingerprint density at radius 3 is 2.67 bits per heavy atom. The molecule has 0 saturated carbocycles. The molecule has 0 radical (unpaired) electrons. The van der Waals surface area contributed by atoms with Gasteiger partial charge in [0.15, 0.2) is 0 Å². The van der Waals surface area contributed by atoms with E-state index in [0.717, 1.165) is 43.7 Å². The third kappa shape index (κ3) is 4.58. The van der Waals surface area contributed by atoms with Gasteiger partial charge in [-0.2, -0.15) is 0 Å². The number of ether oxygens (including phenoxy) is 1. The summed E-state index contributed by atoms with van der Waals surface area (Å²) in [6.45, 7) is 9.04. The van der Waals surface area contributed by atoms with Crippen LogP contribution in [0.5, 0.6) is 0 Å². The second kappa shape index (κ2) is 9.54. The zero-order chi connectivity index (χ0) is 18.5. The van der Waals surface area contributed by atoms with E-state index in [2.05, 4.69) is 47.1 Å². The first-order valence-electron chi connectivity index (χ1n) is 11.5. The van der Waals surface area contributed by atoms with Gasteiger partial charge in [0.2, 0.25) is 0 Å². The first-order chi connectivity index (χ1) is 13.4. The first-order valence-corrected chi connectivity index (χ1v) is 11.5. The Morgan fingerprint density at radius 2 is 1.85 bits per heavy atom. The van der Waals surface area contributed by atoms with E-state index in [1.807, 2.05) is 0 Å². The molecule has 1 aromatic rings. The van der Waals surface area contributed by atoms with Gasteiger partial charge in [0.1, 0.15) is 0 Å². The summed E-state index contributed by atoms with van der Waals surface area (Å²) in [6, 6.07) is 12.8. The largest absolute Gasteiger partial charge is 0.382 e. The molecular weight excluding hydrogens is 332 g/mol. The molecule has 0 spiro atoms. The predicted octanol–water partition coefficient (Wildman–Crippen LogP) is 4.57. The quantitative estimate of drug-likeness (QED) is 0.624. The second-order valence-corrected chi connectivity index (χ2v) is 8.91. The van der Waals surface area contributed by atoms with E-state index < -0.39 is 0 Å². The minimum absolute atomic E-state index is 0.758. The molecule has 3 heteroatoms. The van der Waals surface area contributed by atoms with Gasteiger partial charge in [-0.05, 0) is 82.4 Å². The Hall–Kier alpha value is -0.900. The van der Waals surface area contributed by atoms with E-state index in [1.165, 1.54) is 70.1 Å². The Balaban J connectivity index is 1.48. The van der Waals surface area contributed by atoms with Crippen molar-refractivity contribution < 1.29 is 4.74 Å². The topological polar surface area (TPSA) is 15.7 Å². The molecule has 0 amide bonds. The number of hydrogen-bond donors (Lipinski definition) is 0. The minimum atomic E-state index is 0.758. The maximum Gasteiger partial charge on any atom is 0.0465 e. The number of hydrogen-bond acceptors (Lipinski definition) is 3. The highest BCUT2D eigenvalue weighted by Crippen LogP contribution is 2.43. The molecule has 3 heterocycles.